The smallest absolute Gasteiger partial charge is 0.308 e. The first-order valence-corrected chi connectivity index (χ1v) is 8.20. The Kier molecular flexibility index (Phi) is 8.06. The fraction of sp³-hybridized carbons (Fsp3) is 0.375. The van der Waals surface area contributed by atoms with Crippen LogP contribution in [0.4, 0.5) is 0 Å². The Morgan fingerprint density at radius 1 is 1.08 bits per heavy atom. The highest BCUT2D eigenvalue weighted by Crippen LogP contribution is 2.37. The first-order valence-electron chi connectivity index (χ1n) is 7.41. The zero-order valence-corrected chi connectivity index (χ0v) is 15.3. The Morgan fingerprint density at radius 2 is 1.72 bits per heavy atom. The molecule has 0 aliphatic carbocycles. The van der Waals surface area contributed by atoms with Gasteiger partial charge in [-0.3, -0.25) is 19.2 Å². The topological polar surface area (TPSA) is 119 Å². The van der Waals surface area contributed by atoms with Crippen molar-refractivity contribution in [1.29, 1.82) is 0 Å². The summed E-state index contributed by atoms with van der Waals surface area (Å²) in [7, 11) is 0. The number of carboxylic acids is 1. The Balaban J connectivity index is 2.86. The highest BCUT2D eigenvalue weighted by molar-refractivity contribution is 9.10. The summed E-state index contributed by atoms with van der Waals surface area (Å²) in [4.78, 5) is 45.0. The summed E-state index contributed by atoms with van der Waals surface area (Å²) < 4.78 is 10.3. The number of nitrogens with one attached hydrogen (secondary N) is 1. The van der Waals surface area contributed by atoms with Gasteiger partial charge in [0, 0.05) is 32.4 Å². The van der Waals surface area contributed by atoms with Crippen LogP contribution in [-0.4, -0.2) is 35.5 Å². The summed E-state index contributed by atoms with van der Waals surface area (Å²) in [6, 6.07) is 2.72. The molecule has 8 nitrogen and oxygen atoms in total. The van der Waals surface area contributed by atoms with Crippen LogP contribution in [0.2, 0.25) is 0 Å². The van der Waals surface area contributed by atoms with Gasteiger partial charge in [0.05, 0.1) is 4.47 Å². The van der Waals surface area contributed by atoms with E-state index in [-0.39, 0.29) is 28.0 Å². The summed E-state index contributed by atoms with van der Waals surface area (Å²) in [5.74, 6) is -2.62. The molecule has 1 aromatic carbocycles. The second-order valence-corrected chi connectivity index (χ2v) is 5.93. The molecule has 1 rings (SSSR count). The minimum absolute atomic E-state index is 0.000656. The number of rotatable bonds is 8. The van der Waals surface area contributed by atoms with E-state index in [2.05, 4.69) is 21.2 Å². The largest absolute Gasteiger partial charge is 0.481 e. The third-order valence-corrected chi connectivity index (χ3v) is 3.46. The maximum absolute atomic E-state index is 12.2. The van der Waals surface area contributed by atoms with Crippen LogP contribution in [0.3, 0.4) is 0 Å². The average Bonchev–Trinajstić information content (AvgIpc) is 2.48. The van der Waals surface area contributed by atoms with Gasteiger partial charge in [0.15, 0.2) is 11.5 Å². The van der Waals surface area contributed by atoms with Crippen molar-refractivity contribution in [3.63, 3.8) is 0 Å². The number of ether oxygens (including phenoxy) is 2. The molecule has 0 unspecified atom stereocenters. The van der Waals surface area contributed by atoms with Gasteiger partial charge in [0.25, 0.3) is 5.91 Å². The van der Waals surface area contributed by atoms with Crippen LogP contribution in [0, 0.1) is 0 Å². The number of carbonyl (C=O) groups is 4. The number of carboxylic acid groups (broad SMARTS) is 1. The van der Waals surface area contributed by atoms with Crippen molar-refractivity contribution in [2.45, 2.75) is 33.1 Å². The summed E-state index contributed by atoms with van der Waals surface area (Å²) >= 11 is 3.18. The van der Waals surface area contributed by atoms with Gasteiger partial charge in [-0.15, -0.1) is 0 Å². The van der Waals surface area contributed by atoms with E-state index in [1.807, 2.05) is 0 Å². The fourth-order valence-corrected chi connectivity index (χ4v) is 2.40. The van der Waals surface area contributed by atoms with Crippen LogP contribution >= 0.6 is 15.9 Å². The van der Waals surface area contributed by atoms with Crippen molar-refractivity contribution in [3.05, 3.63) is 22.2 Å². The Morgan fingerprint density at radius 3 is 2.28 bits per heavy atom. The molecule has 0 bridgehead atoms. The van der Waals surface area contributed by atoms with E-state index in [9.17, 15) is 19.2 Å². The Bertz CT molecular complexity index is 687. The summed E-state index contributed by atoms with van der Waals surface area (Å²) in [5.41, 5.74) is 0.192. The highest BCUT2D eigenvalue weighted by atomic mass is 79.9. The molecule has 1 aromatic rings. The number of benzene rings is 1. The van der Waals surface area contributed by atoms with Crippen LogP contribution in [0.1, 0.15) is 43.5 Å². The lowest BCUT2D eigenvalue weighted by molar-refractivity contribution is -0.137. The SMILES string of the molecule is CC(=O)Oc1cc(C(=O)NCCCCC(=O)O)cc(Br)c1OC(C)=O. The third-order valence-electron chi connectivity index (χ3n) is 2.87. The van der Waals surface area contributed by atoms with E-state index < -0.39 is 23.8 Å². The van der Waals surface area contributed by atoms with E-state index in [1.54, 1.807) is 0 Å². The summed E-state index contributed by atoms with van der Waals surface area (Å²) in [6.45, 7) is 2.68. The minimum Gasteiger partial charge on any atom is -0.481 e. The van der Waals surface area contributed by atoms with Crippen molar-refractivity contribution in [1.82, 2.24) is 5.32 Å². The predicted molar refractivity (Wildman–Crippen MR) is 90.6 cm³/mol. The molecular weight excluding hydrogens is 398 g/mol. The summed E-state index contributed by atoms with van der Waals surface area (Å²) in [6.07, 6.45) is 1.00. The number of esters is 2. The van der Waals surface area contributed by atoms with Crippen LogP contribution in [0.5, 0.6) is 11.5 Å². The number of carbonyl (C=O) groups excluding carboxylic acids is 3. The van der Waals surface area contributed by atoms with E-state index in [0.717, 1.165) is 0 Å². The molecule has 0 atom stereocenters. The second-order valence-electron chi connectivity index (χ2n) is 5.08. The molecule has 1 amide bonds. The van der Waals surface area contributed by atoms with E-state index in [0.29, 0.717) is 19.4 Å². The zero-order chi connectivity index (χ0) is 19.0. The number of aliphatic carboxylic acids is 1. The Labute approximate surface area is 152 Å². The van der Waals surface area contributed by atoms with Gasteiger partial charge >= 0.3 is 17.9 Å². The van der Waals surface area contributed by atoms with Gasteiger partial charge in [-0.25, -0.2) is 0 Å². The van der Waals surface area contributed by atoms with Crippen molar-refractivity contribution >= 4 is 39.7 Å². The third kappa shape index (κ3) is 7.34. The molecule has 0 radical (unpaired) electrons. The standard InChI is InChI=1S/C16H18BrNO7/c1-9(19)24-13-8-11(7-12(17)15(13)25-10(2)20)16(23)18-6-4-3-5-14(21)22/h7-8H,3-6H2,1-2H3,(H,18,23)(H,21,22). The van der Waals surface area contributed by atoms with Gasteiger partial charge in [-0.2, -0.15) is 0 Å². The number of hydrogen-bond acceptors (Lipinski definition) is 6. The van der Waals surface area contributed by atoms with E-state index >= 15 is 0 Å². The summed E-state index contributed by atoms with van der Waals surface area (Å²) in [5, 5.41) is 11.2. The van der Waals surface area contributed by atoms with E-state index in [4.69, 9.17) is 14.6 Å². The van der Waals surface area contributed by atoms with Gasteiger partial charge in [0.2, 0.25) is 0 Å². The molecule has 136 valence electrons. The Hall–Kier alpha value is -2.42. The molecule has 0 aromatic heterocycles. The van der Waals surface area contributed by atoms with Crippen LogP contribution in [-0.2, 0) is 14.4 Å². The maximum Gasteiger partial charge on any atom is 0.308 e. The number of amides is 1. The number of halogens is 1. The first kappa shape index (κ1) is 20.6. The molecule has 9 heteroatoms. The van der Waals surface area contributed by atoms with Crippen molar-refractivity contribution < 1.29 is 33.8 Å². The van der Waals surface area contributed by atoms with Crippen molar-refractivity contribution in [3.8, 4) is 11.5 Å². The van der Waals surface area contributed by atoms with Crippen molar-refractivity contribution in [2.75, 3.05) is 6.54 Å². The molecular formula is C16H18BrNO7. The van der Waals surface area contributed by atoms with Crippen LogP contribution < -0.4 is 14.8 Å². The highest BCUT2D eigenvalue weighted by Gasteiger charge is 2.18. The monoisotopic (exact) mass is 415 g/mol. The lowest BCUT2D eigenvalue weighted by atomic mass is 10.1. The molecule has 0 saturated carbocycles. The van der Waals surface area contributed by atoms with Gasteiger partial charge in [-0.1, -0.05) is 0 Å². The van der Waals surface area contributed by atoms with Crippen molar-refractivity contribution in [2.24, 2.45) is 0 Å². The molecule has 0 aliphatic rings. The van der Waals surface area contributed by atoms with Crippen LogP contribution in [0.25, 0.3) is 0 Å². The zero-order valence-electron chi connectivity index (χ0n) is 13.8. The maximum atomic E-state index is 12.2. The molecule has 0 fully saturated rings. The molecule has 0 spiro atoms. The molecule has 0 heterocycles. The molecule has 25 heavy (non-hydrogen) atoms. The lowest BCUT2D eigenvalue weighted by Crippen LogP contribution is -2.24. The van der Waals surface area contributed by atoms with Gasteiger partial charge in [-0.05, 0) is 40.9 Å². The first-order chi connectivity index (χ1) is 11.7. The lowest BCUT2D eigenvalue weighted by Gasteiger charge is -2.13. The number of hydrogen-bond donors (Lipinski definition) is 2. The predicted octanol–water partition coefficient (Wildman–Crippen LogP) is 2.28. The van der Waals surface area contributed by atoms with Crippen LogP contribution in [0.15, 0.2) is 16.6 Å². The minimum atomic E-state index is -0.887. The number of unbranched alkanes of at least 4 members (excludes halogenated alkanes) is 1. The normalized spacial score (nSPS) is 10.0. The molecule has 0 saturated heterocycles. The fourth-order valence-electron chi connectivity index (χ4n) is 1.88. The van der Waals surface area contributed by atoms with E-state index in [1.165, 1.54) is 26.0 Å². The van der Waals surface area contributed by atoms with Gasteiger partial charge in [0.1, 0.15) is 0 Å². The van der Waals surface area contributed by atoms with Gasteiger partial charge < -0.3 is 19.9 Å². The molecule has 2 N–H and O–H groups in total. The average molecular weight is 416 g/mol. The second kappa shape index (κ2) is 9.77. The quantitative estimate of drug-likeness (QED) is 0.379. The molecule has 0 aliphatic heterocycles.